The summed E-state index contributed by atoms with van der Waals surface area (Å²) in [6.45, 7) is 0. The molecule has 0 fully saturated rings. The monoisotopic (exact) mass is 216 g/mol. The highest BCUT2D eigenvalue weighted by molar-refractivity contribution is 7.03. The maximum absolute atomic E-state index is 11.8. The van der Waals surface area contributed by atoms with Crippen molar-refractivity contribution in [1.29, 1.82) is 0 Å². The van der Waals surface area contributed by atoms with E-state index in [2.05, 4.69) is 9.69 Å². The highest BCUT2D eigenvalue weighted by atomic mass is 32.1. The number of aromatic nitrogens is 1. The molecular weight excluding hydrogens is 208 g/mol. The summed E-state index contributed by atoms with van der Waals surface area (Å²) in [4.78, 5) is 11.8. The standard InChI is InChI=1S/C11H8N2OS/c14-11-10(9-5-6-15-13-9)7-3-1-2-4-8(7)12-11/h1-6,10H,(H,12,14). The summed E-state index contributed by atoms with van der Waals surface area (Å²) >= 11 is 1.37. The molecule has 1 aliphatic rings. The molecule has 1 amide bonds. The number of carbonyl (C=O) groups excluding carboxylic acids is 1. The second-order valence-corrected chi connectivity index (χ2v) is 4.10. The van der Waals surface area contributed by atoms with Crippen LogP contribution in [0.1, 0.15) is 17.2 Å². The average molecular weight is 216 g/mol. The molecule has 74 valence electrons. The molecule has 0 aliphatic carbocycles. The van der Waals surface area contributed by atoms with Gasteiger partial charge in [0.2, 0.25) is 5.91 Å². The molecule has 1 aromatic heterocycles. The molecule has 1 N–H and O–H groups in total. The molecule has 3 rings (SSSR count). The van der Waals surface area contributed by atoms with Crippen molar-refractivity contribution >= 4 is 23.1 Å². The first-order chi connectivity index (χ1) is 7.36. The van der Waals surface area contributed by atoms with Gasteiger partial charge in [-0.1, -0.05) is 18.2 Å². The quantitative estimate of drug-likeness (QED) is 0.794. The van der Waals surface area contributed by atoms with Gasteiger partial charge in [-0.15, -0.1) is 0 Å². The van der Waals surface area contributed by atoms with Crippen molar-refractivity contribution in [2.75, 3.05) is 5.32 Å². The van der Waals surface area contributed by atoms with Crippen molar-refractivity contribution in [3.05, 3.63) is 47.0 Å². The van der Waals surface area contributed by atoms with Gasteiger partial charge in [0.05, 0.1) is 5.69 Å². The fourth-order valence-corrected chi connectivity index (χ4v) is 2.42. The number of benzene rings is 1. The summed E-state index contributed by atoms with van der Waals surface area (Å²) in [5.41, 5.74) is 2.76. The Hall–Kier alpha value is -1.68. The van der Waals surface area contributed by atoms with E-state index in [1.54, 1.807) is 0 Å². The largest absolute Gasteiger partial charge is 0.325 e. The lowest BCUT2D eigenvalue weighted by Crippen LogP contribution is -2.13. The molecule has 15 heavy (non-hydrogen) atoms. The minimum atomic E-state index is -0.229. The Labute approximate surface area is 90.9 Å². The minimum Gasteiger partial charge on any atom is -0.325 e. The second kappa shape index (κ2) is 3.17. The molecular formula is C11H8N2OS. The molecule has 1 aromatic carbocycles. The molecule has 0 bridgehead atoms. The highest BCUT2D eigenvalue weighted by Crippen LogP contribution is 2.36. The van der Waals surface area contributed by atoms with Crippen LogP contribution in [0.3, 0.4) is 0 Å². The van der Waals surface area contributed by atoms with Crippen LogP contribution in [0.2, 0.25) is 0 Å². The Morgan fingerprint density at radius 3 is 2.93 bits per heavy atom. The average Bonchev–Trinajstić information content (AvgIpc) is 2.82. The summed E-state index contributed by atoms with van der Waals surface area (Å²) < 4.78 is 4.23. The van der Waals surface area contributed by atoms with Gasteiger partial charge >= 0.3 is 0 Å². The lowest BCUT2D eigenvalue weighted by Gasteiger charge is -2.03. The van der Waals surface area contributed by atoms with Crippen LogP contribution in [0.4, 0.5) is 5.69 Å². The normalized spacial score (nSPS) is 18.7. The number of nitrogens with one attached hydrogen (secondary N) is 1. The maximum Gasteiger partial charge on any atom is 0.238 e. The Morgan fingerprint density at radius 1 is 1.27 bits per heavy atom. The van der Waals surface area contributed by atoms with Crippen LogP contribution in [0, 0.1) is 0 Å². The molecule has 1 aliphatic heterocycles. The third kappa shape index (κ3) is 1.26. The smallest absolute Gasteiger partial charge is 0.238 e. The third-order valence-electron chi connectivity index (χ3n) is 2.55. The number of anilines is 1. The Bertz CT molecular complexity index is 507. The minimum absolute atomic E-state index is 0.0158. The topological polar surface area (TPSA) is 42.0 Å². The molecule has 0 saturated carbocycles. The van der Waals surface area contributed by atoms with Gasteiger partial charge in [-0.3, -0.25) is 4.79 Å². The fourth-order valence-electron chi connectivity index (χ4n) is 1.87. The van der Waals surface area contributed by atoms with Crippen molar-refractivity contribution in [2.24, 2.45) is 0 Å². The third-order valence-corrected chi connectivity index (χ3v) is 3.12. The van der Waals surface area contributed by atoms with E-state index in [4.69, 9.17) is 0 Å². The first-order valence-electron chi connectivity index (χ1n) is 4.66. The SMILES string of the molecule is O=C1Nc2ccccc2C1c1ccsn1. The van der Waals surface area contributed by atoms with Crippen LogP contribution in [0.25, 0.3) is 0 Å². The zero-order valence-corrected chi connectivity index (χ0v) is 8.62. The van der Waals surface area contributed by atoms with Gasteiger partial charge < -0.3 is 5.32 Å². The summed E-state index contributed by atoms with van der Waals surface area (Å²) in [7, 11) is 0. The summed E-state index contributed by atoms with van der Waals surface area (Å²) in [6, 6.07) is 9.65. The van der Waals surface area contributed by atoms with Gasteiger partial charge in [-0.2, -0.15) is 4.37 Å². The van der Waals surface area contributed by atoms with E-state index in [9.17, 15) is 4.79 Å². The van der Waals surface area contributed by atoms with E-state index in [0.29, 0.717) is 0 Å². The first kappa shape index (κ1) is 8.61. The van der Waals surface area contributed by atoms with E-state index >= 15 is 0 Å². The van der Waals surface area contributed by atoms with E-state index in [-0.39, 0.29) is 11.8 Å². The highest BCUT2D eigenvalue weighted by Gasteiger charge is 2.32. The van der Waals surface area contributed by atoms with Crippen molar-refractivity contribution in [3.8, 4) is 0 Å². The Kier molecular flexibility index (Phi) is 1.82. The van der Waals surface area contributed by atoms with Crippen LogP contribution in [0.5, 0.6) is 0 Å². The number of hydrogen-bond acceptors (Lipinski definition) is 3. The number of amides is 1. The fraction of sp³-hybridized carbons (Fsp3) is 0.0909. The van der Waals surface area contributed by atoms with Gasteiger partial charge in [0.1, 0.15) is 5.92 Å². The first-order valence-corrected chi connectivity index (χ1v) is 5.50. The van der Waals surface area contributed by atoms with E-state index in [1.165, 1.54) is 11.5 Å². The molecule has 0 saturated heterocycles. The predicted octanol–water partition coefficient (Wildman–Crippen LogP) is 2.23. The van der Waals surface area contributed by atoms with E-state index in [1.807, 2.05) is 35.7 Å². The predicted molar refractivity (Wildman–Crippen MR) is 59.0 cm³/mol. The molecule has 2 heterocycles. The number of nitrogens with zero attached hydrogens (tertiary/aromatic N) is 1. The van der Waals surface area contributed by atoms with Gasteiger partial charge in [0, 0.05) is 11.1 Å². The van der Waals surface area contributed by atoms with Gasteiger partial charge in [-0.25, -0.2) is 0 Å². The number of carbonyl (C=O) groups is 1. The van der Waals surface area contributed by atoms with Crippen LogP contribution >= 0.6 is 11.5 Å². The maximum atomic E-state index is 11.8. The summed E-state index contributed by atoms with van der Waals surface area (Å²) in [6.07, 6.45) is 0. The molecule has 1 atom stereocenters. The van der Waals surface area contributed by atoms with E-state index in [0.717, 1.165) is 16.9 Å². The number of fused-ring (bicyclic) bond motifs is 1. The molecule has 4 heteroatoms. The van der Waals surface area contributed by atoms with Crippen molar-refractivity contribution in [2.45, 2.75) is 5.92 Å². The zero-order valence-electron chi connectivity index (χ0n) is 7.81. The van der Waals surface area contributed by atoms with Gasteiger partial charge in [0.25, 0.3) is 0 Å². The molecule has 1 unspecified atom stereocenters. The molecule has 2 aromatic rings. The molecule has 0 spiro atoms. The Balaban J connectivity index is 2.14. The lowest BCUT2D eigenvalue weighted by atomic mass is 9.98. The number of para-hydroxylation sites is 1. The summed E-state index contributed by atoms with van der Waals surface area (Å²) in [5.74, 6) is -0.213. The van der Waals surface area contributed by atoms with Crippen molar-refractivity contribution in [3.63, 3.8) is 0 Å². The van der Waals surface area contributed by atoms with Crippen molar-refractivity contribution < 1.29 is 4.79 Å². The Morgan fingerprint density at radius 2 is 2.13 bits per heavy atom. The zero-order chi connectivity index (χ0) is 10.3. The van der Waals surface area contributed by atoms with Gasteiger partial charge in [-0.05, 0) is 29.2 Å². The number of hydrogen-bond donors (Lipinski definition) is 1. The van der Waals surface area contributed by atoms with Crippen LogP contribution in [-0.2, 0) is 4.79 Å². The van der Waals surface area contributed by atoms with Crippen LogP contribution in [0.15, 0.2) is 35.7 Å². The second-order valence-electron chi connectivity index (χ2n) is 3.43. The molecule has 3 nitrogen and oxygen atoms in total. The van der Waals surface area contributed by atoms with Crippen LogP contribution < -0.4 is 5.32 Å². The summed E-state index contributed by atoms with van der Waals surface area (Å²) in [5, 5.41) is 4.75. The molecule has 0 radical (unpaired) electrons. The number of rotatable bonds is 1. The van der Waals surface area contributed by atoms with Crippen LogP contribution in [-0.4, -0.2) is 10.3 Å². The van der Waals surface area contributed by atoms with Crippen molar-refractivity contribution in [1.82, 2.24) is 4.37 Å². The van der Waals surface area contributed by atoms with Gasteiger partial charge in [0.15, 0.2) is 0 Å². The lowest BCUT2D eigenvalue weighted by molar-refractivity contribution is -0.116. The van der Waals surface area contributed by atoms with E-state index < -0.39 is 0 Å².